The highest BCUT2D eigenvalue weighted by atomic mass is 16.2. The van der Waals surface area contributed by atoms with E-state index in [-0.39, 0.29) is 17.5 Å². The lowest BCUT2D eigenvalue weighted by Crippen LogP contribution is -2.41. The van der Waals surface area contributed by atoms with Gasteiger partial charge >= 0.3 is 0 Å². The molecule has 1 fully saturated rings. The minimum Gasteiger partial charge on any atom is -0.336 e. The molecule has 4 rings (SSSR count). The molecule has 1 aliphatic heterocycles. The molecule has 2 aromatic heterocycles. The first-order valence-corrected chi connectivity index (χ1v) is 8.52. The molecule has 6 nitrogen and oxygen atoms in total. The Labute approximate surface area is 145 Å². The molecule has 128 valence electrons. The van der Waals surface area contributed by atoms with Gasteiger partial charge in [0.15, 0.2) is 0 Å². The Morgan fingerprint density at radius 3 is 2.88 bits per heavy atom. The number of amides is 1. The van der Waals surface area contributed by atoms with E-state index in [4.69, 9.17) is 0 Å². The number of para-hydroxylation sites is 1. The molecule has 0 bridgehead atoms. The lowest BCUT2D eigenvalue weighted by molar-refractivity contribution is 0.0674. The molecule has 25 heavy (non-hydrogen) atoms. The Kier molecular flexibility index (Phi) is 3.87. The van der Waals surface area contributed by atoms with Gasteiger partial charge in [0.1, 0.15) is 0 Å². The Balaban J connectivity index is 1.70. The number of rotatable bonds is 2. The lowest BCUT2D eigenvalue weighted by atomic mass is 10.0. The number of hydrogen-bond donors (Lipinski definition) is 0. The fourth-order valence-electron chi connectivity index (χ4n) is 3.61. The normalized spacial score (nSPS) is 17.8. The van der Waals surface area contributed by atoms with Crippen molar-refractivity contribution in [1.29, 1.82) is 0 Å². The van der Waals surface area contributed by atoms with Gasteiger partial charge in [0.05, 0.1) is 17.1 Å². The molecule has 0 unspecified atom stereocenters. The van der Waals surface area contributed by atoms with Crippen molar-refractivity contribution < 1.29 is 4.79 Å². The fourth-order valence-corrected chi connectivity index (χ4v) is 3.61. The molecule has 0 saturated carbocycles. The van der Waals surface area contributed by atoms with Crippen molar-refractivity contribution >= 4 is 16.8 Å². The van der Waals surface area contributed by atoms with Gasteiger partial charge in [0, 0.05) is 44.0 Å². The van der Waals surface area contributed by atoms with E-state index in [0.29, 0.717) is 18.7 Å². The molecule has 0 N–H and O–H groups in total. The maximum Gasteiger partial charge on any atom is 0.254 e. The topological polar surface area (TPSA) is 60.1 Å². The highest BCUT2D eigenvalue weighted by Crippen LogP contribution is 2.24. The van der Waals surface area contributed by atoms with Crippen molar-refractivity contribution in [2.45, 2.75) is 18.9 Å². The summed E-state index contributed by atoms with van der Waals surface area (Å²) in [6.07, 6.45) is 5.63. The van der Waals surface area contributed by atoms with Crippen LogP contribution in [0.2, 0.25) is 0 Å². The summed E-state index contributed by atoms with van der Waals surface area (Å²) in [7, 11) is 1.73. The highest BCUT2D eigenvalue weighted by molar-refractivity contribution is 6.06. The van der Waals surface area contributed by atoms with Gasteiger partial charge in [-0.1, -0.05) is 18.2 Å². The number of nitrogens with zero attached hydrogens (tertiary/aromatic N) is 4. The zero-order valence-corrected chi connectivity index (χ0v) is 14.1. The molecule has 1 atom stereocenters. The molecule has 1 aliphatic rings. The Morgan fingerprint density at radius 1 is 1.24 bits per heavy atom. The van der Waals surface area contributed by atoms with E-state index < -0.39 is 0 Å². The number of benzene rings is 1. The van der Waals surface area contributed by atoms with Crippen molar-refractivity contribution in [1.82, 2.24) is 19.2 Å². The van der Waals surface area contributed by atoms with Crippen LogP contribution in [0.4, 0.5) is 0 Å². The minimum atomic E-state index is -0.164. The maximum absolute atomic E-state index is 13.1. The molecule has 0 radical (unpaired) electrons. The Hall–Kier alpha value is -2.89. The highest BCUT2D eigenvalue weighted by Gasteiger charge is 2.27. The molecule has 1 saturated heterocycles. The number of pyridine rings is 1. The number of aromatic nitrogens is 3. The van der Waals surface area contributed by atoms with Crippen LogP contribution in [0.3, 0.4) is 0 Å². The number of hydrogen-bond acceptors (Lipinski definition) is 3. The summed E-state index contributed by atoms with van der Waals surface area (Å²) in [5.41, 5.74) is 1.10. The summed E-state index contributed by atoms with van der Waals surface area (Å²) in [5, 5.41) is 5.12. The second kappa shape index (κ2) is 6.20. The average Bonchev–Trinajstić information content (AvgIpc) is 3.19. The molecule has 1 aromatic carbocycles. The van der Waals surface area contributed by atoms with Gasteiger partial charge in [0.2, 0.25) is 0 Å². The molecule has 3 heterocycles. The first kappa shape index (κ1) is 15.6. The van der Waals surface area contributed by atoms with E-state index in [1.54, 1.807) is 17.8 Å². The van der Waals surface area contributed by atoms with Gasteiger partial charge in [-0.3, -0.25) is 14.3 Å². The van der Waals surface area contributed by atoms with Crippen LogP contribution in [0.15, 0.2) is 53.6 Å². The first-order valence-electron chi connectivity index (χ1n) is 8.52. The summed E-state index contributed by atoms with van der Waals surface area (Å²) in [4.78, 5) is 27.3. The molecule has 6 heteroatoms. The van der Waals surface area contributed by atoms with Gasteiger partial charge in [-0.2, -0.15) is 5.10 Å². The van der Waals surface area contributed by atoms with E-state index in [1.165, 1.54) is 6.07 Å². The van der Waals surface area contributed by atoms with E-state index in [9.17, 15) is 9.59 Å². The summed E-state index contributed by atoms with van der Waals surface area (Å²) in [6.45, 7) is 1.32. The molecule has 3 aromatic rings. The number of carbonyl (C=O) groups excluding carboxylic acids is 1. The van der Waals surface area contributed by atoms with Crippen molar-refractivity contribution in [2.75, 3.05) is 13.1 Å². The molecular weight excluding hydrogens is 316 g/mol. The molecule has 0 spiro atoms. The summed E-state index contributed by atoms with van der Waals surface area (Å²) < 4.78 is 3.50. The van der Waals surface area contributed by atoms with Gasteiger partial charge in [0.25, 0.3) is 11.5 Å². The van der Waals surface area contributed by atoms with E-state index in [1.807, 2.05) is 46.1 Å². The van der Waals surface area contributed by atoms with Gasteiger partial charge in [-0.05, 0) is 25.0 Å². The quantitative estimate of drug-likeness (QED) is 0.721. The van der Waals surface area contributed by atoms with E-state index in [0.717, 1.165) is 23.7 Å². The lowest BCUT2D eigenvalue weighted by Gasteiger charge is -2.33. The van der Waals surface area contributed by atoms with Crippen LogP contribution in [0.1, 0.15) is 29.2 Å². The summed E-state index contributed by atoms with van der Waals surface area (Å²) in [6, 6.07) is 11.1. The number of likely N-dealkylation sites (tertiary alicyclic amines) is 1. The van der Waals surface area contributed by atoms with E-state index in [2.05, 4.69) is 5.10 Å². The second-order valence-electron chi connectivity index (χ2n) is 6.51. The van der Waals surface area contributed by atoms with Gasteiger partial charge < -0.3 is 9.47 Å². The smallest absolute Gasteiger partial charge is 0.254 e. The third-order valence-electron chi connectivity index (χ3n) is 4.97. The van der Waals surface area contributed by atoms with Crippen LogP contribution < -0.4 is 5.56 Å². The zero-order valence-electron chi connectivity index (χ0n) is 14.1. The van der Waals surface area contributed by atoms with Crippen molar-refractivity contribution in [3.8, 4) is 0 Å². The van der Waals surface area contributed by atoms with Crippen LogP contribution in [0.25, 0.3) is 10.9 Å². The standard InChI is InChI=1S/C19H20N4O2/c1-21-17-8-3-2-7-15(17)16(12-18(21)24)19(25)22-10-4-6-14(13-22)23-11-5-9-20-23/h2-3,5,7-9,11-12,14H,4,6,10,13H2,1H3/t14-/m0/s1. The zero-order chi connectivity index (χ0) is 17.4. The summed E-state index contributed by atoms with van der Waals surface area (Å²) >= 11 is 0. The van der Waals surface area contributed by atoms with Crippen LogP contribution in [0.5, 0.6) is 0 Å². The number of aryl methyl sites for hydroxylation is 1. The number of piperidine rings is 1. The third kappa shape index (κ3) is 2.73. The number of fused-ring (bicyclic) bond motifs is 1. The maximum atomic E-state index is 13.1. The molecule has 1 amide bonds. The van der Waals surface area contributed by atoms with Crippen molar-refractivity contribution in [2.24, 2.45) is 7.05 Å². The monoisotopic (exact) mass is 336 g/mol. The van der Waals surface area contributed by atoms with Crippen LogP contribution in [-0.2, 0) is 7.05 Å². The van der Waals surface area contributed by atoms with Crippen LogP contribution in [0, 0.1) is 0 Å². The second-order valence-corrected chi connectivity index (χ2v) is 6.51. The van der Waals surface area contributed by atoms with Crippen LogP contribution in [-0.4, -0.2) is 38.2 Å². The summed E-state index contributed by atoms with van der Waals surface area (Å²) in [5.74, 6) is -0.0780. The average molecular weight is 336 g/mol. The molecule has 0 aliphatic carbocycles. The minimum absolute atomic E-state index is 0.0780. The third-order valence-corrected chi connectivity index (χ3v) is 4.97. The van der Waals surface area contributed by atoms with Crippen molar-refractivity contribution in [3.05, 3.63) is 64.7 Å². The predicted molar refractivity (Wildman–Crippen MR) is 95.6 cm³/mol. The first-order chi connectivity index (χ1) is 12.1. The fraction of sp³-hybridized carbons (Fsp3) is 0.316. The largest absolute Gasteiger partial charge is 0.336 e. The SMILES string of the molecule is Cn1c(=O)cc(C(=O)N2CCC[C@H](n3cccn3)C2)c2ccccc21. The Bertz CT molecular complexity index is 975. The van der Waals surface area contributed by atoms with Gasteiger partial charge in [-0.25, -0.2) is 0 Å². The van der Waals surface area contributed by atoms with Gasteiger partial charge in [-0.15, -0.1) is 0 Å². The van der Waals surface area contributed by atoms with Crippen molar-refractivity contribution in [3.63, 3.8) is 0 Å². The number of carbonyl (C=O) groups is 1. The van der Waals surface area contributed by atoms with Crippen LogP contribution >= 0.6 is 0 Å². The Morgan fingerprint density at radius 2 is 2.08 bits per heavy atom. The predicted octanol–water partition coefficient (Wildman–Crippen LogP) is 2.21. The van der Waals surface area contributed by atoms with E-state index >= 15 is 0 Å². The molecular formula is C19H20N4O2.